The van der Waals surface area contributed by atoms with Crippen molar-refractivity contribution >= 4 is 17.9 Å². The summed E-state index contributed by atoms with van der Waals surface area (Å²) in [5.41, 5.74) is 0.747. The molecule has 2 saturated heterocycles. The molecule has 2 aliphatic rings. The van der Waals surface area contributed by atoms with E-state index >= 15 is 0 Å². The molecule has 1 aromatic heterocycles. The van der Waals surface area contributed by atoms with Gasteiger partial charge in [-0.05, 0) is 30.4 Å². The fraction of sp³-hybridized carbons (Fsp3) is 0.593. The number of carbonyl (C=O) groups is 3. The number of nitrogens with zero attached hydrogens (tertiary/aromatic N) is 6. The number of aromatic nitrogens is 3. The van der Waals surface area contributed by atoms with Gasteiger partial charge in [-0.3, -0.25) is 9.59 Å². The largest absolute Gasteiger partial charge is 0.465 e. The summed E-state index contributed by atoms with van der Waals surface area (Å²) in [5, 5.41) is 18.2. The molecule has 2 fully saturated rings. The molecule has 11 nitrogen and oxygen atoms in total. The number of para-hydroxylation sites is 1. The molecule has 2 aromatic rings. The lowest BCUT2D eigenvalue weighted by Crippen LogP contribution is -2.58. The zero-order valence-electron chi connectivity index (χ0n) is 22.9. The summed E-state index contributed by atoms with van der Waals surface area (Å²) in [4.78, 5) is 44.1. The van der Waals surface area contributed by atoms with Crippen molar-refractivity contribution in [3.05, 3.63) is 41.5 Å². The lowest BCUT2D eigenvalue weighted by molar-refractivity contribution is -0.142. The van der Waals surface area contributed by atoms with Gasteiger partial charge in [0.15, 0.2) is 5.69 Å². The van der Waals surface area contributed by atoms with E-state index in [2.05, 4.69) is 10.3 Å². The first-order valence-corrected chi connectivity index (χ1v) is 13.4. The molecule has 2 aliphatic heterocycles. The number of ether oxygens (including phenoxy) is 1. The third kappa shape index (κ3) is 6.21. The summed E-state index contributed by atoms with van der Waals surface area (Å²) in [7, 11) is 0. The number of likely N-dealkylation sites (tertiary alicyclic amines) is 1. The minimum absolute atomic E-state index is 0.0617. The van der Waals surface area contributed by atoms with Crippen molar-refractivity contribution in [1.82, 2.24) is 29.7 Å². The van der Waals surface area contributed by atoms with Crippen LogP contribution in [0.15, 0.2) is 24.3 Å². The third-order valence-corrected chi connectivity index (χ3v) is 7.17. The first-order chi connectivity index (χ1) is 18.6. The molecule has 3 heterocycles. The predicted molar refractivity (Wildman–Crippen MR) is 140 cm³/mol. The van der Waals surface area contributed by atoms with E-state index in [0.717, 1.165) is 0 Å². The Morgan fingerprint density at radius 1 is 1.10 bits per heavy atom. The minimum Gasteiger partial charge on any atom is -0.465 e. The SMILES string of the molecule is CC(C)CN(C(=O)c1nnn(-c2ccccc2F)c1C(C)C)[C@H]1C[C@@H](C(=O)N2CCOCC2)CN(C(=O)O)C1. The maximum atomic E-state index is 14.7. The van der Waals surface area contributed by atoms with Crippen LogP contribution in [0.25, 0.3) is 5.69 Å². The Kier molecular flexibility index (Phi) is 8.83. The average Bonchev–Trinajstić information content (AvgIpc) is 3.36. The van der Waals surface area contributed by atoms with Gasteiger partial charge in [-0.15, -0.1) is 5.10 Å². The van der Waals surface area contributed by atoms with Crippen LogP contribution >= 0.6 is 0 Å². The maximum absolute atomic E-state index is 14.7. The maximum Gasteiger partial charge on any atom is 0.407 e. The van der Waals surface area contributed by atoms with E-state index < -0.39 is 29.8 Å². The highest BCUT2D eigenvalue weighted by atomic mass is 19.1. The van der Waals surface area contributed by atoms with Crippen LogP contribution in [-0.2, 0) is 9.53 Å². The zero-order chi connectivity index (χ0) is 28.3. The Bertz CT molecular complexity index is 1200. The van der Waals surface area contributed by atoms with Crippen molar-refractivity contribution < 1.29 is 28.6 Å². The second-order valence-corrected chi connectivity index (χ2v) is 10.9. The highest BCUT2D eigenvalue weighted by Gasteiger charge is 2.41. The van der Waals surface area contributed by atoms with E-state index in [9.17, 15) is 23.9 Å². The molecule has 0 radical (unpaired) electrons. The van der Waals surface area contributed by atoms with E-state index in [1.165, 1.54) is 15.6 Å². The van der Waals surface area contributed by atoms with Gasteiger partial charge in [0.1, 0.15) is 11.5 Å². The van der Waals surface area contributed by atoms with Crippen LogP contribution in [0, 0.1) is 17.7 Å². The van der Waals surface area contributed by atoms with Gasteiger partial charge in [0.2, 0.25) is 5.91 Å². The molecule has 39 heavy (non-hydrogen) atoms. The van der Waals surface area contributed by atoms with Crippen LogP contribution in [0.4, 0.5) is 9.18 Å². The lowest BCUT2D eigenvalue weighted by Gasteiger charge is -2.43. The average molecular weight is 545 g/mol. The van der Waals surface area contributed by atoms with Gasteiger partial charge in [0.25, 0.3) is 5.91 Å². The number of morpholine rings is 1. The second kappa shape index (κ2) is 12.1. The van der Waals surface area contributed by atoms with E-state index in [4.69, 9.17) is 4.74 Å². The fourth-order valence-corrected chi connectivity index (χ4v) is 5.36. The van der Waals surface area contributed by atoms with E-state index in [1.54, 1.807) is 28.0 Å². The first-order valence-electron chi connectivity index (χ1n) is 13.4. The monoisotopic (exact) mass is 544 g/mol. The predicted octanol–water partition coefficient (Wildman–Crippen LogP) is 2.86. The topological polar surface area (TPSA) is 121 Å². The smallest absolute Gasteiger partial charge is 0.407 e. The highest BCUT2D eigenvalue weighted by molar-refractivity contribution is 5.94. The Balaban J connectivity index is 1.69. The van der Waals surface area contributed by atoms with Crippen molar-refractivity contribution in [2.75, 3.05) is 45.9 Å². The number of hydrogen-bond donors (Lipinski definition) is 1. The third-order valence-electron chi connectivity index (χ3n) is 7.17. The summed E-state index contributed by atoms with van der Waals surface area (Å²) in [6.07, 6.45) is -0.804. The molecule has 0 saturated carbocycles. The lowest BCUT2D eigenvalue weighted by atomic mass is 9.91. The Labute approximate surface area is 227 Å². The minimum atomic E-state index is -1.13. The molecule has 1 aromatic carbocycles. The van der Waals surface area contributed by atoms with Crippen molar-refractivity contribution in [2.24, 2.45) is 11.8 Å². The number of hydrogen-bond acceptors (Lipinski definition) is 6. The van der Waals surface area contributed by atoms with Crippen molar-refractivity contribution in [3.8, 4) is 5.69 Å². The second-order valence-electron chi connectivity index (χ2n) is 10.9. The standard InChI is InChI=1S/C27H37FN6O5/c1-17(2)14-33(20-13-19(15-32(16-20)27(37)38)25(35)31-9-11-39-12-10-31)26(36)23-24(18(3)4)34(30-29-23)22-8-6-5-7-21(22)28/h5-8,17-20H,9-16H2,1-4H3,(H,37,38)/t19-,20+/m1/s1. The van der Waals surface area contributed by atoms with Crippen molar-refractivity contribution in [2.45, 2.75) is 46.1 Å². The Morgan fingerprint density at radius 2 is 1.79 bits per heavy atom. The number of benzene rings is 1. The van der Waals surface area contributed by atoms with Gasteiger partial charge in [0.05, 0.1) is 30.9 Å². The summed E-state index contributed by atoms with van der Waals surface area (Å²) in [6.45, 7) is 9.98. The van der Waals surface area contributed by atoms with E-state index in [1.807, 2.05) is 27.7 Å². The van der Waals surface area contributed by atoms with E-state index in [-0.39, 0.29) is 42.2 Å². The molecule has 12 heteroatoms. The van der Waals surface area contributed by atoms with Crippen molar-refractivity contribution in [1.29, 1.82) is 0 Å². The van der Waals surface area contributed by atoms with Gasteiger partial charge in [-0.1, -0.05) is 45.0 Å². The first kappa shape index (κ1) is 28.5. The molecule has 212 valence electrons. The number of rotatable bonds is 7. The summed E-state index contributed by atoms with van der Waals surface area (Å²) < 4.78 is 21.4. The van der Waals surface area contributed by atoms with Crippen LogP contribution in [0.2, 0.25) is 0 Å². The molecular weight excluding hydrogens is 507 g/mol. The molecule has 2 atom stereocenters. The Morgan fingerprint density at radius 3 is 2.41 bits per heavy atom. The molecule has 1 N–H and O–H groups in total. The number of amides is 3. The number of carboxylic acid groups (broad SMARTS) is 1. The van der Waals surface area contributed by atoms with Gasteiger partial charge >= 0.3 is 6.09 Å². The van der Waals surface area contributed by atoms with Crippen LogP contribution in [-0.4, -0.2) is 105 Å². The molecule has 0 spiro atoms. The van der Waals surface area contributed by atoms with Gasteiger partial charge in [-0.2, -0.15) is 0 Å². The fourth-order valence-electron chi connectivity index (χ4n) is 5.36. The van der Waals surface area contributed by atoms with E-state index in [0.29, 0.717) is 45.0 Å². The van der Waals surface area contributed by atoms with Gasteiger partial charge < -0.3 is 24.5 Å². The molecule has 0 bridgehead atoms. The number of carbonyl (C=O) groups excluding carboxylic acids is 2. The number of halogens is 1. The molecule has 3 amide bonds. The van der Waals surface area contributed by atoms with Gasteiger partial charge in [-0.25, -0.2) is 13.9 Å². The molecular formula is C27H37FN6O5. The number of piperidine rings is 1. The molecule has 0 aliphatic carbocycles. The van der Waals surface area contributed by atoms with Crippen LogP contribution in [0.5, 0.6) is 0 Å². The van der Waals surface area contributed by atoms with Crippen LogP contribution in [0.3, 0.4) is 0 Å². The molecule has 4 rings (SSSR count). The van der Waals surface area contributed by atoms with Crippen LogP contribution in [0.1, 0.15) is 56.2 Å². The summed E-state index contributed by atoms with van der Waals surface area (Å²) in [5.74, 6) is -1.76. The van der Waals surface area contributed by atoms with Gasteiger partial charge in [0, 0.05) is 32.7 Å². The zero-order valence-corrected chi connectivity index (χ0v) is 22.9. The summed E-state index contributed by atoms with van der Waals surface area (Å²) in [6, 6.07) is 5.61. The summed E-state index contributed by atoms with van der Waals surface area (Å²) >= 11 is 0. The van der Waals surface area contributed by atoms with Crippen LogP contribution < -0.4 is 0 Å². The quantitative estimate of drug-likeness (QED) is 0.569. The molecule has 0 unspecified atom stereocenters. The highest BCUT2D eigenvalue weighted by Crippen LogP contribution is 2.28. The van der Waals surface area contributed by atoms with Crippen molar-refractivity contribution in [3.63, 3.8) is 0 Å². The normalized spacial score (nSPS) is 20.0. The Hall–Kier alpha value is -3.54.